The van der Waals surface area contributed by atoms with Gasteiger partial charge in [0.2, 0.25) is 5.91 Å². The number of carbonyl (C=O) groups is 1. The minimum Gasteiger partial charge on any atom is -0.494 e. The highest BCUT2D eigenvalue weighted by molar-refractivity contribution is 7.10. The molecule has 0 atom stereocenters. The Bertz CT molecular complexity index is 631. The van der Waals surface area contributed by atoms with Gasteiger partial charge in [0.25, 0.3) is 0 Å². The maximum absolute atomic E-state index is 13.0. The van der Waals surface area contributed by atoms with E-state index in [0.717, 1.165) is 29.2 Å². The van der Waals surface area contributed by atoms with Crippen LogP contribution in [0.3, 0.4) is 0 Å². The molecule has 2 heterocycles. The standard InChI is InChI=1S/C18H21NO3S/c1-2-22-15-7-5-14(6-8-15)19-17(20)18(9-11-21-12-10-18)16-4-3-13-23-16/h3-8,13H,2,9-12H2,1H3,(H,19,20). The fourth-order valence-corrected chi connectivity index (χ4v) is 3.89. The molecular formula is C18H21NO3S. The molecule has 5 heteroatoms. The molecule has 1 aliphatic rings. The second-order valence-corrected chi connectivity index (χ2v) is 6.53. The van der Waals surface area contributed by atoms with E-state index < -0.39 is 5.41 Å². The van der Waals surface area contributed by atoms with Crippen molar-refractivity contribution >= 4 is 22.9 Å². The molecule has 122 valence electrons. The second-order valence-electron chi connectivity index (χ2n) is 5.58. The summed E-state index contributed by atoms with van der Waals surface area (Å²) in [5, 5.41) is 5.09. The molecule has 1 aliphatic heterocycles. The summed E-state index contributed by atoms with van der Waals surface area (Å²) in [6.07, 6.45) is 1.44. The number of hydrogen-bond acceptors (Lipinski definition) is 4. The lowest BCUT2D eigenvalue weighted by atomic mass is 9.78. The fourth-order valence-electron chi connectivity index (χ4n) is 2.91. The highest BCUT2D eigenvalue weighted by Crippen LogP contribution is 2.38. The summed E-state index contributed by atoms with van der Waals surface area (Å²) in [6, 6.07) is 11.6. The van der Waals surface area contributed by atoms with Gasteiger partial charge in [-0.3, -0.25) is 4.79 Å². The fraction of sp³-hybridized carbons (Fsp3) is 0.389. The molecule has 0 aliphatic carbocycles. The molecule has 23 heavy (non-hydrogen) atoms. The molecule has 1 saturated heterocycles. The molecule has 0 unspecified atom stereocenters. The largest absolute Gasteiger partial charge is 0.494 e. The lowest BCUT2D eigenvalue weighted by molar-refractivity contribution is -0.125. The van der Waals surface area contributed by atoms with Crippen molar-refractivity contribution in [1.29, 1.82) is 0 Å². The van der Waals surface area contributed by atoms with E-state index in [9.17, 15) is 4.79 Å². The average Bonchev–Trinajstić information content (AvgIpc) is 3.12. The Hall–Kier alpha value is -1.85. The van der Waals surface area contributed by atoms with Crippen LogP contribution in [0.15, 0.2) is 41.8 Å². The van der Waals surface area contributed by atoms with Crippen molar-refractivity contribution in [3.8, 4) is 5.75 Å². The Labute approximate surface area is 140 Å². The van der Waals surface area contributed by atoms with E-state index in [2.05, 4.69) is 5.32 Å². The highest BCUT2D eigenvalue weighted by atomic mass is 32.1. The summed E-state index contributed by atoms with van der Waals surface area (Å²) >= 11 is 1.64. The summed E-state index contributed by atoms with van der Waals surface area (Å²) in [5.74, 6) is 0.858. The Balaban J connectivity index is 1.79. The zero-order chi connectivity index (χ0) is 16.1. The van der Waals surface area contributed by atoms with Crippen LogP contribution in [0.4, 0.5) is 5.69 Å². The maximum Gasteiger partial charge on any atom is 0.236 e. The number of rotatable bonds is 5. The van der Waals surface area contributed by atoms with Crippen LogP contribution in [-0.4, -0.2) is 25.7 Å². The minimum atomic E-state index is -0.481. The Morgan fingerprint density at radius 3 is 2.61 bits per heavy atom. The predicted octanol–water partition coefficient (Wildman–Crippen LogP) is 3.83. The molecule has 1 N–H and O–H groups in total. The van der Waals surface area contributed by atoms with Crippen LogP contribution in [0.2, 0.25) is 0 Å². The van der Waals surface area contributed by atoms with Crippen molar-refractivity contribution in [1.82, 2.24) is 0 Å². The van der Waals surface area contributed by atoms with Crippen LogP contribution in [0.25, 0.3) is 0 Å². The van der Waals surface area contributed by atoms with Crippen LogP contribution in [0.1, 0.15) is 24.6 Å². The van der Waals surface area contributed by atoms with E-state index in [-0.39, 0.29) is 5.91 Å². The summed E-state index contributed by atoms with van der Waals surface area (Å²) in [5.41, 5.74) is 0.311. The van der Waals surface area contributed by atoms with Gasteiger partial charge in [-0.1, -0.05) is 6.07 Å². The van der Waals surface area contributed by atoms with E-state index >= 15 is 0 Å². The molecule has 0 spiro atoms. The number of thiophene rings is 1. The first kappa shape index (κ1) is 16.0. The first-order valence-corrected chi connectivity index (χ1v) is 8.78. The molecular weight excluding hydrogens is 310 g/mol. The first-order valence-electron chi connectivity index (χ1n) is 7.91. The van der Waals surface area contributed by atoms with Gasteiger partial charge in [0, 0.05) is 23.8 Å². The third kappa shape index (κ3) is 3.41. The molecule has 0 saturated carbocycles. The van der Waals surface area contributed by atoms with Crippen molar-refractivity contribution in [3.05, 3.63) is 46.7 Å². The lowest BCUT2D eigenvalue weighted by Gasteiger charge is -2.35. The minimum absolute atomic E-state index is 0.0485. The normalized spacial score (nSPS) is 16.7. The summed E-state index contributed by atoms with van der Waals surface area (Å²) in [7, 11) is 0. The molecule has 0 bridgehead atoms. The van der Waals surface area contributed by atoms with E-state index in [1.54, 1.807) is 11.3 Å². The number of carbonyl (C=O) groups excluding carboxylic acids is 1. The van der Waals surface area contributed by atoms with Crippen LogP contribution in [-0.2, 0) is 14.9 Å². The van der Waals surface area contributed by atoms with Crippen LogP contribution in [0, 0.1) is 0 Å². The van der Waals surface area contributed by atoms with Gasteiger partial charge in [-0.2, -0.15) is 0 Å². The Kier molecular flexibility index (Phi) is 4.98. The molecule has 0 radical (unpaired) electrons. The van der Waals surface area contributed by atoms with Gasteiger partial charge in [0.1, 0.15) is 5.75 Å². The highest BCUT2D eigenvalue weighted by Gasteiger charge is 2.42. The number of benzene rings is 1. The molecule has 3 rings (SSSR count). The number of nitrogens with one attached hydrogen (secondary N) is 1. The van der Waals surface area contributed by atoms with Gasteiger partial charge in [-0.25, -0.2) is 0 Å². The summed E-state index contributed by atoms with van der Waals surface area (Å²) < 4.78 is 10.9. The molecule has 1 fully saturated rings. The molecule has 4 nitrogen and oxygen atoms in total. The van der Waals surface area contributed by atoms with E-state index in [1.165, 1.54) is 0 Å². The van der Waals surface area contributed by atoms with Gasteiger partial charge < -0.3 is 14.8 Å². The summed E-state index contributed by atoms with van der Waals surface area (Å²) in [4.78, 5) is 14.1. The van der Waals surface area contributed by atoms with Crippen molar-refractivity contribution in [2.24, 2.45) is 0 Å². The van der Waals surface area contributed by atoms with Gasteiger partial charge in [0.05, 0.1) is 12.0 Å². The van der Waals surface area contributed by atoms with Gasteiger partial charge in [0.15, 0.2) is 0 Å². The SMILES string of the molecule is CCOc1ccc(NC(=O)C2(c3cccs3)CCOCC2)cc1. The number of hydrogen-bond donors (Lipinski definition) is 1. The third-order valence-electron chi connectivity index (χ3n) is 4.20. The van der Waals surface area contributed by atoms with E-state index in [0.29, 0.717) is 19.8 Å². The first-order chi connectivity index (χ1) is 11.2. The molecule has 1 aromatic carbocycles. The summed E-state index contributed by atoms with van der Waals surface area (Å²) in [6.45, 7) is 3.82. The second kappa shape index (κ2) is 7.15. The topological polar surface area (TPSA) is 47.6 Å². The predicted molar refractivity (Wildman–Crippen MR) is 92.3 cm³/mol. The molecule has 2 aromatic rings. The lowest BCUT2D eigenvalue weighted by Crippen LogP contribution is -2.44. The number of ether oxygens (including phenoxy) is 2. The van der Waals surface area contributed by atoms with Crippen molar-refractivity contribution in [2.75, 3.05) is 25.1 Å². The quantitative estimate of drug-likeness (QED) is 0.906. The third-order valence-corrected chi connectivity index (χ3v) is 5.27. The zero-order valence-corrected chi connectivity index (χ0v) is 14.0. The van der Waals surface area contributed by atoms with Gasteiger partial charge in [-0.15, -0.1) is 11.3 Å². The maximum atomic E-state index is 13.0. The average molecular weight is 331 g/mol. The van der Waals surface area contributed by atoms with Crippen LogP contribution < -0.4 is 10.1 Å². The monoisotopic (exact) mass is 331 g/mol. The van der Waals surface area contributed by atoms with Crippen LogP contribution >= 0.6 is 11.3 Å². The van der Waals surface area contributed by atoms with E-state index in [1.807, 2.05) is 48.7 Å². The van der Waals surface area contributed by atoms with Crippen LogP contribution in [0.5, 0.6) is 5.75 Å². The smallest absolute Gasteiger partial charge is 0.236 e. The van der Waals surface area contributed by atoms with Crippen molar-refractivity contribution < 1.29 is 14.3 Å². The zero-order valence-electron chi connectivity index (χ0n) is 13.2. The van der Waals surface area contributed by atoms with Gasteiger partial charge >= 0.3 is 0 Å². The van der Waals surface area contributed by atoms with Crippen molar-refractivity contribution in [2.45, 2.75) is 25.2 Å². The number of anilines is 1. The van der Waals surface area contributed by atoms with E-state index in [4.69, 9.17) is 9.47 Å². The Morgan fingerprint density at radius 2 is 2.00 bits per heavy atom. The molecule has 1 amide bonds. The number of amides is 1. The van der Waals surface area contributed by atoms with Crippen molar-refractivity contribution in [3.63, 3.8) is 0 Å². The Morgan fingerprint density at radius 1 is 1.26 bits per heavy atom. The van der Waals surface area contributed by atoms with Gasteiger partial charge in [-0.05, 0) is 55.5 Å². The molecule has 1 aromatic heterocycles.